The minimum atomic E-state index is -0.918. The van der Waals surface area contributed by atoms with E-state index in [1.54, 1.807) is 17.2 Å². The van der Waals surface area contributed by atoms with Gasteiger partial charge in [-0.05, 0) is 53.9 Å². The maximum atomic E-state index is 13.7. The van der Waals surface area contributed by atoms with Crippen molar-refractivity contribution >= 4 is 34.8 Å². The van der Waals surface area contributed by atoms with Gasteiger partial charge in [-0.25, -0.2) is 9.96 Å². The first-order valence-corrected chi connectivity index (χ1v) is 11.3. The molecule has 2 fully saturated rings. The molecule has 0 radical (unpaired) electrons. The summed E-state index contributed by atoms with van der Waals surface area (Å²) in [5.74, 6) is -1.51. The summed E-state index contributed by atoms with van der Waals surface area (Å²) in [6, 6.07) is 23.7. The van der Waals surface area contributed by atoms with Gasteiger partial charge >= 0.3 is 0 Å². The third-order valence-electron chi connectivity index (χ3n) is 6.30. The number of nitrogens with zero attached hydrogens (tertiary/aromatic N) is 2. The van der Waals surface area contributed by atoms with Crippen molar-refractivity contribution < 1.29 is 19.2 Å². The van der Waals surface area contributed by atoms with Gasteiger partial charge in [0, 0.05) is 12.6 Å². The van der Waals surface area contributed by atoms with Crippen LogP contribution in [0, 0.1) is 5.92 Å². The Morgan fingerprint density at radius 3 is 2.18 bits per heavy atom. The van der Waals surface area contributed by atoms with Gasteiger partial charge in [-0.2, -0.15) is 0 Å². The highest BCUT2D eigenvalue weighted by Gasteiger charge is 2.60. The lowest BCUT2D eigenvalue weighted by Gasteiger charge is -2.29. The average Bonchev–Trinajstić information content (AvgIpc) is 3.36. The maximum Gasteiger partial charge on any atom is 0.266 e. The molecule has 0 aliphatic carbocycles. The predicted octanol–water partition coefficient (Wildman–Crippen LogP) is 4.26. The molecule has 2 heterocycles. The number of hydrogen-bond acceptors (Lipinski definition) is 5. The fourth-order valence-electron chi connectivity index (χ4n) is 4.65. The van der Waals surface area contributed by atoms with Gasteiger partial charge < -0.3 is 5.32 Å². The predicted molar refractivity (Wildman–Crippen MR) is 129 cm³/mol. The van der Waals surface area contributed by atoms with Crippen molar-refractivity contribution in [2.75, 3.05) is 15.3 Å². The van der Waals surface area contributed by atoms with Gasteiger partial charge in [0.25, 0.3) is 5.91 Å². The maximum absolute atomic E-state index is 13.7. The molecular weight excluding hydrogens is 430 g/mol. The minimum absolute atomic E-state index is 0.163. The lowest BCUT2D eigenvalue weighted by atomic mass is 9.90. The molecule has 3 aromatic carbocycles. The lowest BCUT2D eigenvalue weighted by molar-refractivity contribution is -0.126. The normalized spacial score (nSPS) is 21.6. The summed E-state index contributed by atoms with van der Waals surface area (Å²) in [5.41, 5.74) is 3.91. The van der Waals surface area contributed by atoms with E-state index in [1.807, 2.05) is 66.7 Å². The van der Waals surface area contributed by atoms with Crippen molar-refractivity contribution in [3.8, 4) is 0 Å². The van der Waals surface area contributed by atoms with Crippen molar-refractivity contribution in [3.05, 3.63) is 90.0 Å². The molecule has 2 aliphatic heterocycles. The van der Waals surface area contributed by atoms with Crippen molar-refractivity contribution in [1.82, 2.24) is 0 Å². The molecule has 0 aromatic heterocycles. The summed E-state index contributed by atoms with van der Waals surface area (Å²) >= 11 is 0. The number of aryl methyl sites for hydroxylation is 1. The number of carbonyl (C=O) groups is 3. The van der Waals surface area contributed by atoms with Crippen LogP contribution in [0.1, 0.15) is 31.0 Å². The Balaban J connectivity index is 1.53. The van der Waals surface area contributed by atoms with Crippen LogP contribution >= 0.6 is 0 Å². The van der Waals surface area contributed by atoms with Gasteiger partial charge in [0.05, 0.1) is 17.4 Å². The van der Waals surface area contributed by atoms with Gasteiger partial charge in [-0.15, -0.1) is 0 Å². The van der Waals surface area contributed by atoms with E-state index in [-0.39, 0.29) is 17.7 Å². The Morgan fingerprint density at radius 1 is 0.882 bits per heavy atom. The van der Waals surface area contributed by atoms with E-state index in [4.69, 9.17) is 4.84 Å². The van der Waals surface area contributed by atoms with E-state index in [1.165, 1.54) is 11.8 Å². The number of benzene rings is 3. The van der Waals surface area contributed by atoms with Crippen molar-refractivity contribution in [2.24, 2.45) is 5.92 Å². The van der Waals surface area contributed by atoms with Gasteiger partial charge in [0.1, 0.15) is 5.92 Å². The Hall–Kier alpha value is -3.97. The number of anilines is 3. The number of carbonyl (C=O) groups excluding carboxylic acids is 3. The van der Waals surface area contributed by atoms with E-state index in [0.29, 0.717) is 11.4 Å². The zero-order valence-corrected chi connectivity index (χ0v) is 19.0. The van der Waals surface area contributed by atoms with E-state index >= 15 is 0 Å². The van der Waals surface area contributed by atoms with Crippen LogP contribution in [-0.2, 0) is 25.6 Å². The zero-order chi connectivity index (χ0) is 23.8. The first kappa shape index (κ1) is 21.9. The Kier molecular flexibility index (Phi) is 5.63. The monoisotopic (exact) mass is 455 g/mol. The van der Waals surface area contributed by atoms with Crippen molar-refractivity contribution in [1.29, 1.82) is 0 Å². The lowest BCUT2D eigenvalue weighted by Crippen LogP contribution is -2.37. The Morgan fingerprint density at radius 2 is 1.56 bits per heavy atom. The minimum Gasteiger partial charge on any atom is -0.326 e. The summed E-state index contributed by atoms with van der Waals surface area (Å²) in [6.45, 7) is 3.50. The van der Waals surface area contributed by atoms with Crippen molar-refractivity contribution in [3.63, 3.8) is 0 Å². The molecule has 34 heavy (non-hydrogen) atoms. The number of rotatable bonds is 5. The molecule has 2 aliphatic rings. The molecule has 0 spiro atoms. The molecule has 7 nitrogen and oxygen atoms in total. The van der Waals surface area contributed by atoms with Gasteiger partial charge in [-0.3, -0.25) is 19.2 Å². The largest absolute Gasteiger partial charge is 0.326 e. The molecular formula is C27H25N3O4. The van der Waals surface area contributed by atoms with Gasteiger partial charge in [-0.1, -0.05) is 49.4 Å². The van der Waals surface area contributed by atoms with Crippen LogP contribution in [0.5, 0.6) is 0 Å². The zero-order valence-electron chi connectivity index (χ0n) is 19.0. The molecule has 0 saturated carbocycles. The molecule has 172 valence electrons. The number of amides is 3. The standard InChI is InChI=1S/C27H25N3O4/c1-3-18-9-15-21(16-10-18)29-26(32)23-24(19-11-13-20(14-12-19)28-17(2)31)30(34-25(23)27(29)33)22-7-5-4-6-8-22/h4-16,23-25H,3H2,1-2H3,(H,28,31)/t23-,24+,25+/m1/s1. The van der Waals surface area contributed by atoms with Crippen LogP contribution in [0.15, 0.2) is 78.9 Å². The molecule has 1 N–H and O–H groups in total. The van der Waals surface area contributed by atoms with Gasteiger partial charge in [0.15, 0.2) is 6.10 Å². The Bertz CT molecular complexity index is 1220. The molecule has 3 atom stereocenters. The number of imide groups is 1. The number of hydrogen-bond donors (Lipinski definition) is 1. The molecule has 3 amide bonds. The molecule has 0 bridgehead atoms. The van der Waals surface area contributed by atoms with E-state index < -0.39 is 18.1 Å². The summed E-state index contributed by atoms with van der Waals surface area (Å²) in [5, 5.41) is 4.42. The van der Waals surface area contributed by atoms with Crippen LogP contribution < -0.4 is 15.3 Å². The van der Waals surface area contributed by atoms with E-state index in [9.17, 15) is 14.4 Å². The second-order valence-electron chi connectivity index (χ2n) is 8.49. The first-order chi connectivity index (χ1) is 16.5. The summed E-state index contributed by atoms with van der Waals surface area (Å²) in [6.07, 6.45) is -0.0439. The first-order valence-electron chi connectivity index (χ1n) is 11.3. The van der Waals surface area contributed by atoms with Gasteiger partial charge in [0.2, 0.25) is 11.8 Å². The highest BCUT2D eigenvalue weighted by atomic mass is 16.7. The topological polar surface area (TPSA) is 79.0 Å². The third-order valence-corrected chi connectivity index (χ3v) is 6.30. The molecule has 2 saturated heterocycles. The second-order valence-corrected chi connectivity index (χ2v) is 8.49. The third kappa shape index (κ3) is 3.74. The quantitative estimate of drug-likeness (QED) is 0.582. The second kappa shape index (κ2) is 8.76. The van der Waals surface area contributed by atoms with E-state index in [0.717, 1.165) is 23.2 Å². The van der Waals surface area contributed by atoms with Crippen LogP contribution in [0.2, 0.25) is 0 Å². The number of hydroxylamine groups is 1. The SMILES string of the molecule is CCc1ccc(N2C(=O)[C@H]3[C@H](ON(c4ccccc4)[C@H]3c3ccc(NC(C)=O)cc3)C2=O)cc1. The fraction of sp³-hybridized carbons (Fsp3) is 0.222. The highest BCUT2D eigenvalue weighted by molar-refractivity contribution is 6.23. The number of fused-ring (bicyclic) bond motifs is 1. The molecule has 7 heteroatoms. The van der Waals surface area contributed by atoms with Crippen LogP contribution in [-0.4, -0.2) is 23.8 Å². The average molecular weight is 456 g/mol. The summed E-state index contributed by atoms with van der Waals surface area (Å²) in [7, 11) is 0. The van der Waals surface area contributed by atoms with E-state index in [2.05, 4.69) is 12.2 Å². The smallest absolute Gasteiger partial charge is 0.266 e. The molecule has 0 unspecified atom stereocenters. The molecule has 5 rings (SSSR count). The van der Waals surface area contributed by atoms with Crippen LogP contribution in [0.25, 0.3) is 0 Å². The highest BCUT2D eigenvalue weighted by Crippen LogP contribution is 2.47. The number of nitrogens with one attached hydrogen (secondary N) is 1. The summed E-state index contributed by atoms with van der Waals surface area (Å²) < 4.78 is 0. The fourth-order valence-corrected chi connectivity index (χ4v) is 4.65. The van der Waals surface area contributed by atoms with Crippen LogP contribution in [0.4, 0.5) is 17.1 Å². The molecule has 3 aromatic rings. The Labute approximate surface area is 197 Å². The number of para-hydroxylation sites is 1. The summed E-state index contributed by atoms with van der Waals surface area (Å²) in [4.78, 5) is 45.9. The van der Waals surface area contributed by atoms with Crippen LogP contribution in [0.3, 0.4) is 0 Å². The van der Waals surface area contributed by atoms with Crippen molar-refractivity contribution in [2.45, 2.75) is 32.4 Å².